The number of hydrogen-bond acceptors (Lipinski definition) is 4. The van der Waals surface area contributed by atoms with E-state index in [2.05, 4.69) is 0 Å². The standard InChI is InChI=1S/2Ag.2HI.H2O4S/c;;;;1-5(2,3)4/h;;2*1H;(H2,1,2,3,4)/q2*+1;;;/p-2. The Kier molecular flexibility index (Phi) is 44.3. The van der Waals surface area contributed by atoms with Crippen LogP contribution in [0.2, 0.25) is 0 Å². The molecule has 0 spiro atoms. The molecule has 0 aromatic heterocycles. The second kappa shape index (κ2) is 13.4. The Balaban J connectivity index is -0.0000000133. The molecule has 0 saturated carbocycles. The van der Waals surface area contributed by atoms with Gasteiger partial charge in [-0.1, -0.05) is 0 Å². The van der Waals surface area contributed by atoms with Crippen molar-refractivity contribution in [2.75, 3.05) is 0 Å². The van der Waals surface area contributed by atoms with Gasteiger partial charge >= 0.3 is 44.8 Å². The molecule has 0 saturated heterocycles. The first-order valence-corrected chi connectivity index (χ1v) is 2.00. The van der Waals surface area contributed by atoms with Crippen molar-refractivity contribution in [2.45, 2.75) is 0 Å². The van der Waals surface area contributed by atoms with Gasteiger partial charge < -0.3 is 9.11 Å². The first kappa shape index (κ1) is 29.8. The Hall–Kier alpha value is 2.81. The molecule has 0 aromatic rings. The molecule has 68 valence electrons. The summed E-state index contributed by atoms with van der Waals surface area (Å²) in [6.45, 7) is 0. The number of rotatable bonds is 0. The van der Waals surface area contributed by atoms with Gasteiger partial charge in [0.25, 0.3) is 0 Å². The third kappa shape index (κ3) is 106. The minimum Gasteiger partial charge on any atom is -0.759 e. The van der Waals surface area contributed by atoms with Gasteiger partial charge in [0.05, 0.1) is 0 Å². The van der Waals surface area contributed by atoms with Gasteiger partial charge in [-0.3, -0.25) is 8.42 Å². The van der Waals surface area contributed by atoms with Gasteiger partial charge in [0.1, 0.15) is 0 Å². The maximum Gasteiger partial charge on any atom is 1.00 e. The van der Waals surface area contributed by atoms with Crippen LogP contribution in [0.5, 0.6) is 0 Å². The van der Waals surface area contributed by atoms with Gasteiger partial charge in [0.2, 0.25) is 0 Å². The average molecular weight is 568 g/mol. The van der Waals surface area contributed by atoms with Crippen LogP contribution in [-0.4, -0.2) is 17.5 Å². The van der Waals surface area contributed by atoms with Gasteiger partial charge in [-0.2, -0.15) is 0 Å². The van der Waals surface area contributed by atoms with Gasteiger partial charge in [0.15, 0.2) is 0 Å². The summed E-state index contributed by atoms with van der Waals surface area (Å²) in [6, 6.07) is 0. The van der Waals surface area contributed by atoms with Crippen molar-refractivity contribution in [1.29, 1.82) is 0 Å². The van der Waals surface area contributed by atoms with Crippen LogP contribution in [-0.2, 0) is 55.2 Å². The summed E-state index contributed by atoms with van der Waals surface area (Å²) in [4.78, 5) is 0. The molecule has 0 rings (SSSR count). The van der Waals surface area contributed by atoms with Crippen LogP contribution in [0.3, 0.4) is 0 Å². The predicted octanol–water partition coefficient (Wildman–Crippen LogP) is -0.107. The molecular formula is H2Ag2I2O4S. The van der Waals surface area contributed by atoms with E-state index in [0.717, 1.165) is 0 Å². The fourth-order valence-electron chi connectivity index (χ4n) is 0. The van der Waals surface area contributed by atoms with Gasteiger partial charge in [-0.05, 0) is 0 Å². The van der Waals surface area contributed by atoms with Crippen molar-refractivity contribution in [3.63, 3.8) is 0 Å². The Bertz CT molecular complexity index is 99.7. The van der Waals surface area contributed by atoms with Crippen LogP contribution < -0.4 is 0 Å². The van der Waals surface area contributed by atoms with E-state index in [1.54, 1.807) is 0 Å². The van der Waals surface area contributed by atoms with Crippen LogP contribution in [0.4, 0.5) is 0 Å². The third-order valence-electron chi connectivity index (χ3n) is 0. The molecule has 0 unspecified atom stereocenters. The van der Waals surface area contributed by atoms with Crippen molar-refractivity contribution < 1.29 is 62.3 Å². The first-order valence-electron chi connectivity index (χ1n) is 0.667. The summed E-state index contributed by atoms with van der Waals surface area (Å²) in [7, 11) is -5.17. The SMILES string of the molecule is I.I.O=S(=O)([O-])[O-].[Ag+].[Ag+]. The average Bonchev–Trinajstić information content (AvgIpc) is 0.722. The molecule has 9 heavy (non-hydrogen) atoms. The van der Waals surface area contributed by atoms with Gasteiger partial charge in [0, 0.05) is 10.4 Å². The zero-order valence-electron chi connectivity index (χ0n) is 3.46. The Morgan fingerprint density at radius 1 is 0.889 bits per heavy atom. The smallest absolute Gasteiger partial charge is 0.759 e. The van der Waals surface area contributed by atoms with E-state index >= 15 is 0 Å². The Labute approximate surface area is 119 Å². The Morgan fingerprint density at radius 3 is 0.889 bits per heavy atom. The van der Waals surface area contributed by atoms with Crippen molar-refractivity contribution in [3.05, 3.63) is 0 Å². The molecule has 0 amide bonds. The normalized spacial score (nSPS) is 6.44. The zero-order chi connectivity index (χ0) is 4.50. The number of hydrogen-bond donors (Lipinski definition) is 0. The van der Waals surface area contributed by atoms with E-state index in [9.17, 15) is 0 Å². The molecule has 0 aromatic carbocycles. The van der Waals surface area contributed by atoms with Crippen LogP contribution in [0, 0.1) is 0 Å². The predicted molar refractivity (Wildman–Crippen MR) is 41.3 cm³/mol. The quantitative estimate of drug-likeness (QED) is 0.177. The maximum absolute atomic E-state index is 8.52. The van der Waals surface area contributed by atoms with Crippen molar-refractivity contribution in [1.82, 2.24) is 0 Å². The number of halogens is 2. The molecule has 0 N–H and O–H groups in total. The minimum atomic E-state index is -5.17. The van der Waals surface area contributed by atoms with E-state index in [-0.39, 0.29) is 92.7 Å². The second-order valence-electron chi connectivity index (χ2n) is 0.408. The monoisotopic (exact) mass is 566 g/mol. The molecule has 0 fully saturated rings. The topological polar surface area (TPSA) is 80.3 Å². The largest absolute Gasteiger partial charge is 1.00 e. The summed E-state index contributed by atoms with van der Waals surface area (Å²) >= 11 is 0. The van der Waals surface area contributed by atoms with Crippen LogP contribution in [0.25, 0.3) is 0 Å². The fourth-order valence-corrected chi connectivity index (χ4v) is 0. The van der Waals surface area contributed by atoms with Gasteiger partial charge in [-0.15, -0.1) is 48.0 Å². The van der Waals surface area contributed by atoms with Crippen LogP contribution in [0.15, 0.2) is 0 Å². The third-order valence-corrected chi connectivity index (χ3v) is 0. The molecule has 9 heteroatoms. The molecule has 0 bridgehead atoms. The molecule has 0 radical (unpaired) electrons. The van der Waals surface area contributed by atoms with E-state index in [1.807, 2.05) is 0 Å². The van der Waals surface area contributed by atoms with Crippen LogP contribution in [0.1, 0.15) is 0 Å². The van der Waals surface area contributed by atoms with E-state index in [1.165, 1.54) is 0 Å². The van der Waals surface area contributed by atoms with Crippen LogP contribution >= 0.6 is 48.0 Å². The Morgan fingerprint density at radius 2 is 0.889 bits per heavy atom. The van der Waals surface area contributed by atoms with Crippen molar-refractivity contribution >= 4 is 58.4 Å². The van der Waals surface area contributed by atoms with E-state index < -0.39 is 10.4 Å². The molecule has 4 nitrogen and oxygen atoms in total. The molecule has 0 aliphatic heterocycles. The fraction of sp³-hybridized carbons (Fsp3) is 0. The molecule has 0 atom stereocenters. The summed E-state index contributed by atoms with van der Waals surface area (Å²) in [5.74, 6) is 0. The summed E-state index contributed by atoms with van der Waals surface area (Å²) in [5, 5.41) is 0. The first-order chi connectivity index (χ1) is 2.00. The maximum atomic E-state index is 8.52. The summed E-state index contributed by atoms with van der Waals surface area (Å²) < 4.78 is 34.1. The second-order valence-corrected chi connectivity index (χ2v) is 1.22. The van der Waals surface area contributed by atoms with Gasteiger partial charge in [-0.25, -0.2) is 0 Å². The van der Waals surface area contributed by atoms with E-state index in [4.69, 9.17) is 17.5 Å². The van der Waals surface area contributed by atoms with E-state index in [0.29, 0.717) is 0 Å². The summed E-state index contributed by atoms with van der Waals surface area (Å²) in [6.07, 6.45) is 0. The van der Waals surface area contributed by atoms with Crippen molar-refractivity contribution in [3.8, 4) is 0 Å². The van der Waals surface area contributed by atoms with Crippen molar-refractivity contribution in [2.24, 2.45) is 0 Å². The minimum absolute atomic E-state index is 0. The zero-order valence-corrected chi connectivity index (χ0v) is 11.9. The molecule has 0 aliphatic carbocycles. The molecular weight excluding hydrogens is 566 g/mol. The molecule has 0 heterocycles. The molecule has 0 aliphatic rings. The summed E-state index contributed by atoms with van der Waals surface area (Å²) in [5.41, 5.74) is 0.